The number of nitrogens with one attached hydrogen (secondary N) is 1. The van der Waals surface area contributed by atoms with Gasteiger partial charge in [-0.3, -0.25) is 0 Å². The summed E-state index contributed by atoms with van der Waals surface area (Å²) in [6, 6.07) is 13.4. The zero-order chi connectivity index (χ0) is 22.5. The lowest BCUT2D eigenvalue weighted by atomic mass is 10.1. The summed E-state index contributed by atoms with van der Waals surface area (Å²) in [5, 5.41) is 3.38. The summed E-state index contributed by atoms with van der Waals surface area (Å²) in [5.74, 6) is 0.928. The second kappa shape index (κ2) is 10.0. The maximum Gasteiger partial charge on any atom is 0.341 e. The number of esters is 1. The van der Waals surface area contributed by atoms with Gasteiger partial charge >= 0.3 is 5.97 Å². The first kappa shape index (κ1) is 23.8. The van der Waals surface area contributed by atoms with E-state index in [4.69, 9.17) is 13.9 Å². The summed E-state index contributed by atoms with van der Waals surface area (Å²) in [4.78, 5) is 11.9. The fourth-order valence-electron chi connectivity index (χ4n) is 4.41. The van der Waals surface area contributed by atoms with Gasteiger partial charge in [-0.15, -0.1) is 0 Å². The van der Waals surface area contributed by atoms with E-state index < -0.39 is 14.3 Å². The largest absolute Gasteiger partial charge is 0.543 e. The minimum absolute atomic E-state index is 0.393. The smallest absolute Gasteiger partial charge is 0.341 e. The average molecular weight is 430 g/mol. The molecule has 0 heterocycles. The van der Waals surface area contributed by atoms with Crippen LogP contribution in [0.5, 0.6) is 11.5 Å². The third kappa shape index (κ3) is 4.98. The first-order valence-corrected chi connectivity index (χ1v) is 12.6. The van der Waals surface area contributed by atoms with Gasteiger partial charge < -0.3 is 19.2 Å². The highest BCUT2D eigenvalue weighted by atomic mass is 28.4. The van der Waals surface area contributed by atoms with Crippen molar-refractivity contribution in [3.05, 3.63) is 48.0 Å². The van der Waals surface area contributed by atoms with Crippen molar-refractivity contribution in [1.29, 1.82) is 0 Å². The Hall–Kier alpha value is -2.47. The Morgan fingerprint density at radius 2 is 1.47 bits per heavy atom. The molecule has 0 bridgehead atoms. The molecule has 2 aromatic rings. The van der Waals surface area contributed by atoms with Crippen molar-refractivity contribution in [2.24, 2.45) is 0 Å². The summed E-state index contributed by atoms with van der Waals surface area (Å²) in [6.45, 7) is 13.7. The van der Waals surface area contributed by atoms with Gasteiger partial charge in [-0.25, -0.2) is 4.79 Å². The van der Waals surface area contributed by atoms with Gasteiger partial charge in [0.05, 0.1) is 14.2 Å². The predicted molar refractivity (Wildman–Crippen MR) is 126 cm³/mol. The van der Waals surface area contributed by atoms with Crippen molar-refractivity contribution in [3.63, 3.8) is 0 Å². The minimum Gasteiger partial charge on any atom is -0.543 e. The van der Waals surface area contributed by atoms with Crippen molar-refractivity contribution in [2.75, 3.05) is 19.5 Å². The molecule has 0 aliphatic heterocycles. The Balaban J connectivity index is 2.31. The van der Waals surface area contributed by atoms with Crippen LogP contribution in [0, 0.1) is 0 Å². The third-order valence-electron chi connectivity index (χ3n) is 5.73. The third-order valence-corrected chi connectivity index (χ3v) is 11.7. The van der Waals surface area contributed by atoms with Crippen LogP contribution in [-0.4, -0.2) is 28.5 Å². The number of methoxy groups -OCH3 is 2. The second-order valence-corrected chi connectivity index (χ2v) is 13.9. The summed E-state index contributed by atoms with van der Waals surface area (Å²) >= 11 is 0. The van der Waals surface area contributed by atoms with E-state index in [0.29, 0.717) is 27.9 Å². The second-order valence-electron chi connectivity index (χ2n) is 8.48. The van der Waals surface area contributed by atoms with Crippen LogP contribution < -0.4 is 14.5 Å². The van der Waals surface area contributed by atoms with Gasteiger partial charge in [0, 0.05) is 23.5 Å². The highest BCUT2D eigenvalue weighted by molar-refractivity contribution is 6.78. The molecule has 0 aliphatic rings. The van der Waals surface area contributed by atoms with Crippen LogP contribution in [0.2, 0.25) is 16.6 Å². The van der Waals surface area contributed by atoms with Gasteiger partial charge in [-0.1, -0.05) is 47.6 Å². The number of hydrogen-bond acceptors (Lipinski definition) is 5. The Bertz CT molecular complexity index is 842. The molecular formula is C24H35NO4Si. The Labute approximate surface area is 181 Å². The molecular weight excluding hydrogens is 394 g/mol. The van der Waals surface area contributed by atoms with Gasteiger partial charge in [-0.2, -0.15) is 0 Å². The lowest BCUT2D eigenvalue weighted by Crippen LogP contribution is -2.50. The van der Waals surface area contributed by atoms with Crippen LogP contribution in [0.1, 0.15) is 51.9 Å². The summed E-state index contributed by atoms with van der Waals surface area (Å²) < 4.78 is 16.9. The standard InChI is InChI=1S/C24H35NO4Si/c1-16(2)30(17(3)4,18(5)6)29-21-11-9-10-19(14-21)25-20-12-13-22(24(26)28-8)23(15-20)27-7/h9-18,25H,1-8H3. The topological polar surface area (TPSA) is 56.8 Å². The van der Waals surface area contributed by atoms with Crippen molar-refractivity contribution in [2.45, 2.75) is 58.2 Å². The predicted octanol–water partition coefficient (Wildman–Crippen LogP) is 6.78. The molecule has 1 N–H and O–H groups in total. The summed E-state index contributed by atoms with van der Waals surface area (Å²) in [7, 11) is 0.870. The minimum atomic E-state index is -2.02. The van der Waals surface area contributed by atoms with Crippen LogP contribution in [0.25, 0.3) is 0 Å². The van der Waals surface area contributed by atoms with Crippen LogP contribution in [0.3, 0.4) is 0 Å². The zero-order valence-corrected chi connectivity index (χ0v) is 20.4. The Morgan fingerprint density at radius 1 is 0.867 bits per heavy atom. The van der Waals surface area contributed by atoms with E-state index in [1.54, 1.807) is 12.1 Å². The van der Waals surface area contributed by atoms with Crippen LogP contribution >= 0.6 is 0 Å². The molecule has 5 nitrogen and oxygen atoms in total. The van der Waals surface area contributed by atoms with Crippen molar-refractivity contribution in [3.8, 4) is 11.5 Å². The normalized spacial score (nSPS) is 11.7. The highest BCUT2D eigenvalue weighted by Crippen LogP contribution is 2.43. The number of hydrogen-bond donors (Lipinski definition) is 1. The number of benzene rings is 2. The Morgan fingerprint density at radius 3 is 2.00 bits per heavy atom. The zero-order valence-electron chi connectivity index (χ0n) is 19.4. The fraction of sp³-hybridized carbons (Fsp3) is 0.458. The van der Waals surface area contributed by atoms with Gasteiger partial charge in [0.2, 0.25) is 0 Å². The first-order chi connectivity index (χ1) is 14.1. The molecule has 0 amide bonds. The molecule has 0 aromatic heterocycles. The van der Waals surface area contributed by atoms with E-state index >= 15 is 0 Å². The molecule has 0 atom stereocenters. The molecule has 6 heteroatoms. The van der Waals surface area contributed by atoms with Crippen LogP contribution in [0.4, 0.5) is 11.4 Å². The average Bonchev–Trinajstić information content (AvgIpc) is 2.70. The van der Waals surface area contributed by atoms with Crippen molar-refractivity contribution in [1.82, 2.24) is 0 Å². The molecule has 0 unspecified atom stereocenters. The molecule has 30 heavy (non-hydrogen) atoms. The van der Waals surface area contributed by atoms with E-state index in [0.717, 1.165) is 17.1 Å². The Kier molecular flexibility index (Phi) is 7.95. The lowest BCUT2D eigenvalue weighted by molar-refractivity contribution is 0.0597. The maximum atomic E-state index is 11.9. The molecule has 0 spiro atoms. The monoisotopic (exact) mass is 429 g/mol. The van der Waals surface area contributed by atoms with E-state index in [9.17, 15) is 4.79 Å². The number of ether oxygens (including phenoxy) is 2. The van der Waals surface area contributed by atoms with Gasteiger partial charge in [0.1, 0.15) is 17.1 Å². The first-order valence-electron chi connectivity index (χ1n) is 10.5. The molecule has 0 radical (unpaired) electrons. The molecule has 0 saturated heterocycles. The number of carbonyl (C=O) groups excluding carboxylic acids is 1. The molecule has 0 fully saturated rings. The molecule has 0 saturated carbocycles. The molecule has 164 valence electrons. The van der Waals surface area contributed by atoms with Gasteiger partial charge in [0.25, 0.3) is 8.32 Å². The number of carbonyl (C=O) groups is 1. The lowest BCUT2D eigenvalue weighted by Gasteiger charge is -2.42. The number of rotatable bonds is 9. The van der Waals surface area contributed by atoms with Gasteiger partial charge in [0.15, 0.2) is 0 Å². The highest BCUT2D eigenvalue weighted by Gasteiger charge is 2.46. The number of anilines is 2. The van der Waals surface area contributed by atoms with Crippen molar-refractivity contribution < 1.29 is 18.7 Å². The quantitative estimate of drug-likeness (QED) is 0.352. The van der Waals surface area contributed by atoms with Crippen LogP contribution in [0.15, 0.2) is 42.5 Å². The summed E-state index contributed by atoms with van der Waals surface area (Å²) in [5.41, 5.74) is 3.64. The van der Waals surface area contributed by atoms with Gasteiger partial charge in [-0.05, 0) is 40.9 Å². The van der Waals surface area contributed by atoms with E-state index in [2.05, 4.69) is 46.9 Å². The summed E-state index contributed by atoms with van der Waals surface area (Å²) in [6.07, 6.45) is 0. The van der Waals surface area contributed by atoms with Crippen LogP contribution in [-0.2, 0) is 4.74 Å². The fourth-order valence-corrected chi connectivity index (χ4v) is 9.65. The van der Waals surface area contributed by atoms with E-state index in [1.165, 1.54) is 14.2 Å². The molecule has 0 aliphatic carbocycles. The SMILES string of the molecule is COC(=O)c1ccc(Nc2cccc(O[Si](C(C)C)(C(C)C)C(C)C)c2)cc1OC. The van der Waals surface area contributed by atoms with E-state index in [1.807, 2.05) is 30.3 Å². The molecule has 2 aromatic carbocycles. The van der Waals surface area contributed by atoms with E-state index in [-0.39, 0.29) is 0 Å². The molecule has 2 rings (SSSR count). The van der Waals surface area contributed by atoms with Crippen molar-refractivity contribution >= 4 is 25.7 Å². The maximum absolute atomic E-state index is 11.9.